The van der Waals surface area contributed by atoms with Crippen molar-refractivity contribution >= 4 is 130 Å². The lowest BCUT2D eigenvalue weighted by Gasteiger charge is -2.14. The molecule has 22 aromatic carbocycles. The topological polar surface area (TPSA) is 58.4 Å². The second-order valence-corrected chi connectivity index (χ2v) is 34.8. The standard InChI is InChI=1S/C63H39N3.C62H38N4/c1-4-12-40(13-5-1)42-22-24-44(25-23-42)48-38-54(45-28-26-43(27-29-45)41-14-6-2-7-15-41)64-59(39-48)66-56-21-11-17-47-31-33-53-51(35-37-58(66)63(53)61(47)56)50-34-36-57-62-52(50)32-30-46-16-10-20-55(60(46)62)65(57)49-18-8-3-9-19-49;1-4-12-39(13-5-1)41-22-26-43(27-23-41)52-38-53(44-28-24-42(25-29-44)40-14-6-2-7-15-40)64-62(63-52)66-55-21-11-17-46-31-33-51-49(35-37-57(66)61(51)59(46)55)48-34-36-56-60-50(48)32-30-45-16-10-20-54(58(45)60)65(56)47-18-8-3-9-19-47/h1-39H;1-38H. The van der Waals surface area contributed by atoms with Crippen LogP contribution in [0, 0.1) is 0 Å². The SMILES string of the molecule is c1ccc(-c2ccc(-c3cc(-c4ccc(-c5ccccc5)cc4)nc(-n4c5cccc6ccc7c(-c8ccc9c%10c8ccc8cccc(c8%10)n9-c8ccccc8)ccc4c7c65)c3)cc2)cc1.c1ccc(-c2ccc(-c3cc(-c4ccc(-c5ccccc5)cc4)nc(-n4c5cccc6ccc7c(-c8ccc9c%10c8ccc8cccc(c8%10)n9-c8ccccc8)ccc4c7c65)n3)cc2)cc1. The van der Waals surface area contributed by atoms with Crippen LogP contribution in [0.5, 0.6) is 0 Å². The van der Waals surface area contributed by atoms with Crippen molar-refractivity contribution in [2.75, 3.05) is 0 Å². The van der Waals surface area contributed by atoms with Crippen LogP contribution < -0.4 is 0 Å². The van der Waals surface area contributed by atoms with E-state index < -0.39 is 0 Å². The summed E-state index contributed by atoms with van der Waals surface area (Å²) in [5.74, 6) is 1.53. The molecular formula is C125H77N7. The second kappa shape index (κ2) is 30.0. The number of hydrogen-bond acceptors (Lipinski definition) is 3. The van der Waals surface area contributed by atoms with Gasteiger partial charge in [-0.3, -0.25) is 9.13 Å². The minimum atomic E-state index is 0.639. The van der Waals surface area contributed by atoms with Crippen LogP contribution in [0.15, 0.2) is 467 Å². The summed E-state index contributed by atoms with van der Waals surface area (Å²) in [5.41, 5.74) is 34.1. The number of para-hydroxylation sites is 2. The van der Waals surface area contributed by atoms with Crippen LogP contribution in [0.1, 0.15) is 0 Å². The Morgan fingerprint density at radius 2 is 0.394 bits per heavy atom. The quantitative estimate of drug-likeness (QED) is 0.102. The maximum atomic E-state index is 5.56. The van der Waals surface area contributed by atoms with E-state index in [-0.39, 0.29) is 0 Å². The van der Waals surface area contributed by atoms with E-state index in [0.717, 1.165) is 78.5 Å². The first-order valence-corrected chi connectivity index (χ1v) is 45.3. The van der Waals surface area contributed by atoms with Gasteiger partial charge in [-0.25, -0.2) is 15.0 Å². The monoisotopic (exact) mass is 1680 g/mol. The number of rotatable bonds is 14. The zero-order valence-corrected chi connectivity index (χ0v) is 71.6. The van der Waals surface area contributed by atoms with E-state index in [9.17, 15) is 0 Å². The van der Waals surface area contributed by atoms with Crippen LogP contribution in [0.2, 0.25) is 0 Å². The lowest BCUT2D eigenvalue weighted by atomic mass is 9.90. The van der Waals surface area contributed by atoms with Gasteiger partial charge in [-0.15, -0.1) is 0 Å². The van der Waals surface area contributed by atoms with Crippen molar-refractivity contribution in [1.29, 1.82) is 0 Å². The van der Waals surface area contributed by atoms with Crippen molar-refractivity contribution in [3.05, 3.63) is 467 Å². The predicted molar refractivity (Wildman–Crippen MR) is 553 cm³/mol. The largest absolute Gasteiger partial charge is 0.309 e. The fourth-order valence-corrected chi connectivity index (χ4v) is 21.5. The Morgan fingerprint density at radius 3 is 0.720 bits per heavy atom. The van der Waals surface area contributed by atoms with Crippen molar-refractivity contribution in [2.45, 2.75) is 0 Å². The fraction of sp³-hybridized carbons (Fsp3) is 0. The first kappa shape index (κ1) is 74.6. The van der Waals surface area contributed by atoms with Gasteiger partial charge in [0.25, 0.3) is 0 Å². The van der Waals surface area contributed by atoms with E-state index in [0.29, 0.717) is 5.95 Å². The summed E-state index contributed by atoms with van der Waals surface area (Å²) >= 11 is 0. The molecule has 0 saturated carbocycles. The van der Waals surface area contributed by atoms with Crippen molar-refractivity contribution in [3.63, 3.8) is 0 Å². The first-order chi connectivity index (χ1) is 65.5. The molecule has 7 heteroatoms. The molecular weight excluding hydrogens is 1600 g/mol. The number of benzene rings is 22. The van der Waals surface area contributed by atoms with Crippen LogP contribution >= 0.6 is 0 Å². The molecule has 0 aliphatic heterocycles. The Hall–Kier alpha value is -17.7. The summed E-state index contributed by atoms with van der Waals surface area (Å²) in [5, 5.41) is 20.1. The summed E-state index contributed by atoms with van der Waals surface area (Å²) in [6, 6.07) is 169. The van der Waals surface area contributed by atoms with Crippen LogP contribution in [0.4, 0.5) is 0 Å². The third-order valence-corrected chi connectivity index (χ3v) is 27.6. The van der Waals surface area contributed by atoms with Gasteiger partial charge in [0.1, 0.15) is 5.82 Å². The highest BCUT2D eigenvalue weighted by Crippen LogP contribution is 2.51. The Morgan fingerprint density at radius 1 is 0.144 bits per heavy atom. The molecule has 132 heavy (non-hydrogen) atoms. The summed E-state index contributed by atoms with van der Waals surface area (Å²) in [6.07, 6.45) is 0. The Balaban J connectivity index is 0.000000135. The van der Waals surface area contributed by atoms with E-state index in [1.807, 2.05) is 0 Å². The average molecular weight is 1680 g/mol. The van der Waals surface area contributed by atoms with Crippen LogP contribution in [-0.4, -0.2) is 33.2 Å². The third-order valence-electron chi connectivity index (χ3n) is 27.6. The summed E-state index contributed by atoms with van der Waals surface area (Å²) < 4.78 is 9.52. The van der Waals surface area contributed by atoms with Gasteiger partial charge in [0.2, 0.25) is 5.95 Å². The normalized spacial score (nSPS) is 11.9. The average Bonchev–Trinajstić information content (AvgIpc) is 1.55. The molecule has 0 aliphatic carbocycles. The zero-order chi connectivity index (χ0) is 86.6. The lowest BCUT2D eigenvalue weighted by Crippen LogP contribution is -2.04. The Labute approximate surface area is 760 Å². The molecule has 0 atom stereocenters. The molecule has 0 radical (unpaired) electrons. The molecule has 7 nitrogen and oxygen atoms in total. The molecule has 6 aromatic heterocycles. The Bertz CT molecular complexity index is 8560. The summed E-state index contributed by atoms with van der Waals surface area (Å²) in [6.45, 7) is 0. The number of nitrogens with zero attached hydrogens (tertiary/aromatic N) is 7. The van der Waals surface area contributed by atoms with E-state index in [4.69, 9.17) is 15.0 Å². The molecule has 0 fully saturated rings. The lowest BCUT2D eigenvalue weighted by molar-refractivity contribution is 0.996. The summed E-state index contributed by atoms with van der Waals surface area (Å²) in [7, 11) is 0. The smallest absolute Gasteiger partial charge is 0.235 e. The van der Waals surface area contributed by atoms with Gasteiger partial charge in [-0.2, -0.15) is 0 Å². The fourth-order valence-electron chi connectivity index (χ4n) is 21.5. The van der Waals surface area contributed by atoms with Crippen LogP contribution in [0.3, 0.4) is 0 Å². The van der Waals surface area contributed by atoms with Crippen LogP contribution in [0.25, 0.3) is 265 Å². The number of aromatic nitrogens is 7. The van der Waals surface area contributed by atoms with E-state index in [1.54, 1.807) is 0 Å². The highest BCUT2D eigenvalue weighted by atomic mass is 15.2. The van der Waals surface area contributed by atoms with E-state index in [1.165, 1.54) is 181 Å². The van der Waals surface area contributed by atoms with Gasteiger partial charge in [0.15, 0.2) is 0 Å². The minimum absolute atomic E-state index is 0.639. The van der Waals surface area contributed by atoms with Gasteiger partial charge >= 0.3 is 0 Å². The van der Waals surface area contributed by atoms with Crippen LogP contribution in [-0.2, 0) is 0 Å². The highest BCUT2D eigenvalue weighted by Gasteiger charge is 2.28. The van der Waals surface area contributed by atoms with Gasteiger partial charge < -0.3 is 9.13 Å². The number of pyridine rings is 1. The molecule has 0 aliphatic rings. The third kappa shape index (κ3) is 11.9. The molecule has 0 amide bonds. The predicted octanol–water partition coefficient (Wildman–Crippen LogP) is 33.0. The van der Waals surface area contributed by atoms with Crippen molar-refractivity contribution in [3.8, 4) is 135 Å². The molecule has 0 saturated heterocycles. The molecule has 0 N–H and O–H groups in total. The Kier molecular flexibility index (Phi) is 17.0. The van der Waals surface area contributed by atoms with Crippen molar-refractivity contribution in [1.82, 2.24) is 33.2 Å². The van der Waals surface area contributed by atoms with Gasteiger partial charge in [-0.05, 0) is 212 Å². The molecule has 0 spiro atoms. The maximum Gasteiger partial charge on any atom is 0.235 e. The van der Waals surface area contributed by atoms with Crippen molar-refractivity contribution < 1.29 is 0 Å². The molecule has 6 heterocycles. The molecule has 28 aromatic rings. The van der Waals surface area contributed by atoms with Gasteiger partial charge in [0.05, 0.1) is 61.2 Å². The highest BCUT2D eigenvalue weighted by molar-refractivity contribution is 6.33. The molecule has 0 bridgehead atoms. The zero-order valence-electron chi connectivity index (χ0n) is 71.6. The van der Waals surface area contributed by atoms with E-state index in [2.05, 4.69) is 485 Å². The summed E-state index contributed by atoms with van der Waals surface area (Å²) in [4.78, 5) is 16.4. The minimum Gasteiger partial charge on any atom is -0.309 e. The van der Waals surface area contributed by atoms with E-state index >= 15 is 0 Å². The molecule has 0 unspecified atom stereocenters. The maximum absolute atomic E-state index is 5.56. The second-order valence-electron chi connectivity index (χ2n) is 34.8. The van der Waals surface area contributed by atoms with Crippen molar-refractivity contribution in [2.24, 2.45) is 0 Å². The molecule has 28 rings (SSSR count). The van der Waals surface area contributed by atoms with Gasteiger partial charge in [0, 0.05) is 71.2 Å². The number of hydrogen-bond donors (Lipinski definition) is 0. The van der Waals surface area contributed by atoms with Gasteiger partial charge in [-0.1, -0.05) is 376 Å². The first-order valence-electron chi connectivity index (χ1n) is 45.3. The molecule has 612 valence electrons.